The summed E-state index contributed by atoms with van der Waals surface area (Å²) in [5, 5.41) is 6.63. The second-order valence-corrected chi connectivity index (χ2v) is 9.13. The van der Waals surface area contributed by atoms with E-state index >= 15 is 0 Å². The lowest BCUT2D eigenvalue weighted by Gasteiger charge is -2.32. The molecule has 6 nitrogen and oxygen atoms in total. The van der Waals surface area contributed by atoms with Crippen LogP contribution in [-0.4, -0.2) is 67.9 Å². The van der Waals surface area contributed by atoms with Crippen molar-refractivity contribution in [1.29, 1.82) is 0 Å². The third kappa shape index (κ3) is 6.07. The van der Waals surface area contributed by atoms with Crippen LogP contribution in [0, 0.1) is 12.3 Å². The van der Waals surface area contributed by atoms with E-state index in [1.807, 2.05) is 33.8 Å². The standard InChI is InChI=1S/C19H32N4O2S/c1-14-13-15(21-18(25)19(2,3)4)26-16(14)17(24)20-7-6-8-23-11-9-22(5)10-12-23/h13H,6-12H2,1-5H3,(H,20,24)(H,21,25). The molecule has 26 heavy (non-hydrogen) atoms. The van der Waals surface area contributed by atoms with Crippen LogP contribution in [0.25, 0.3) is 0 Å². The summed E-state index contributed by atoms with van der Waals surface area (Å²) in [7, 11) is 2.15. The normalized spacial score (nSPS) is 16.5. The summed E-state index contributed by atoms with van der Waals surface area (Å²) in [6.45, 7) is 13.6. The summed E-state index contributed by atoms with van der Waals surface area (Å²) < 4.78 is 0. The summed E-state index contributed by atoms with van der Waals surface area (Å²) in [5.41, 5.74) is 0.444. The lowest BCUT2D eigenvalue weighted by Crippen LogP contribution is -2.45. The van der Waals surface area contributed by atoms with Crippen LogP contribution in [0.2, 0.25) is 0 Å². The Kier molecular flexibility index (Phi) is 7.20. The molecular formula is C19H32N4O2S. The van der Waals surface area contributed by atoms with Gasteiger partial charge in [0.25, 0.3) is 5.91 Å². The molecule has 2 amide bonds. The quantitative estimate of drug-likeness (QED) is 0.744. The Bertz CT molecular complexity index is 628. The van der Waals surface area contributed by atoms with Gasteiger partial charge in [-0.25, -0.2) is 0 Å². The first-order valence-corrected chi connectivity index (χ1v) is 10.1. The number of nitrogens with zero attached hydrogens (tertiary/aromatic N) is 2. The first kappa shape index (κ1) is 20.9. The van der Waals surface area contributed by atoms with Gasteiger partial charge in [-0.1, -0.05) is 20.8 Å². The lowest BCUT2D eigenvalue weighted by atomic mass is 9.96. The zero-order valence-corrected chi connectivity index (χ0v) is 17.5. The topological polar surface area (TPSA) is 64.7 Å². The highest BCUT2D eigenvalue weighted by Crippen LogP contribution is 2.28. The Balaban J connectivity index is 1.77. The van der Waals surface area contributed by atoms with Gasteiger partial charge >= 0.3 is 0 Å². The van der Waals surface area contributed by atoms with Crippen molar-refractivity contribution < 1.29 is 9.59 Å². The molecule has 2 heterocycles. The lowest BCUT2D eigenvalue weighted by molar-refractivity contribution is -0.123. The minimum Gasteiger partial charge on any atom is -0.351 e. The molecular weight excluding hydrogens is 348 g/mol. The Morgan fingerprint density at radius 3 is 2.46 bits per heavy atom. The van der Waals surface area contributed by atoms with Gasteiger partial charge in [-0.15, -0.1) is 11.3 Å². The maximum Gasteiger partial charge on any atom is 0.261 e. The van der Waals surface area contributed by atoms with Gasteiger partial charge in [-0.3, -0.25) is 9.59 Å². The summed E-state index contributed by atoms with van der Waals surface area (Å²) in [4.78, 5) is 30.0. The molecule has 0 radical (unpaired) electrons. The molecule has 0 unspecified atom stereocenters. The van der Waals surface area contributed by atoms with E-state index in [-0.39, 0.29) is 11.8 Å². The molecule has 2 N–H and O–H groups in total. The van der Waals surface area contributed by atoms with E-state index < -0.39 is 5.41 Å². The number of carbonyl (C=O) groups excluding carboxylic acids is 2. The number of amides is 2. The Labute approximate surface area is 160 Å². The molecule has 1 aliphatic heterocycles. The predicted octanol–water partition coefficient (Wildman–Crippen LogP) is 2.41. The van der Waals surface area contributed by atoms with Crippen molar-refractivity contribution in [2.75, 3.05) is 51.6 Å². The Morgan fingerprint density at radius 2 is 1.85 bits per heavy atom. The van der Waals surface area contributed by atoms with Crippen molar-refractivity contribution in [3.05, 3.63) is 16.5 Å². The summed E-state index contributed by atoms with van der Waals surface area (Å²) >= 11 is 1.34. The second kappa shape index (κ2) is 8.97. The molecule has 0 atom stereocenters. The number of rotatable bonds is 6. The molecule has 0 bridgehead atoms. The highest BCUT2D eigenvalue weighted by molar-refractivity contribution is 7.18. The molecule has 0 spiro atoms. The number of anilines is 1. The molecule has 7 heteroatoms. The van der Waals surface area contributed by atoms with Gasteiger partial charge in [-0.05, 0) is 38.6 Å². The van der Waals surface area contributed by atoms with Crippen molar-refractivity contribution in [2.24, 2.45) is 5.41 Å². The molecule has 1 saturated heterocycles. The third-order valence-electron chi connectivity index (χ3n) is 4.57. The fourth-order valence-corrected chi connectivity index (χ4v) is 3.71. The van der Waals surface area contributed by atoms with Crippen LogP contribution in [-0.2, 0) is 4.79 Å². The van der Waals surface area contributed by atoms with E-state index in [1.54, 1.807) is 0 Å². The molecule has 0 aromatic carbocycles. The molecule has 1 aliphatic rings. The Hall–Kier alpha value is -1.44. The minimum atomic E-state index is -0.455. The molecule has 0 saturated carbocycles. The van der Waals surface area contributed by atoms with Crippen LogP contribution in [0.4, 0.5) is 5.00 Å². The number of nitrogens with one attached hydrogen (secondary N) is 2. The molecule has 1 aromatic heterocycles. The van der Waals surface area contributed by atoms with Crippen LogP contribution >= 0.6 is 11.3 Å². The summed E-state index contributed by atoms with van der Waals surface area (Å²) in [6, 6.07) is 1.87. The number of piperazine rings is 1. The van der Waals surface area contributed by atoms with Gasteiger partial charge in [0.15, 0.2) is 0 Å². The molecule has 2 rings (SSSR count). The minimum absolute atomic E-state index is 0.0436. The van der Waals surface area contributed by atoms with Gasteiger partial charge in [0.05, 0.1) is 9.88 Å². The van der Waals surface area contributed by atoms with Crippen molar-refractivity contribution in [1.82, 2.24) is 15.1 Å². The summed E-state index contributed by atoms with van der Waals surface area (Å²) in [5.74, 6) is -0.0972. The smallest absolute Gasteiger partial charge is 0.261 e. The van der Waals surface area contributed by atoms with Crippen molar-refractivity contribution in [3.63, 3.8) is 0 Å². The van der Waals surface area contributed by atoms with Crippen LogP contribution < -0.4 is 10.6 Å². The first-order valence-electron chi connectivity index (χ1n) is 9.28. The van der Waals surface area contributed by atoms with Crippen LogP contribution in [0.15, 0.2) is 6.07 Å². The molecule has 146 valence electrons. The number of thiophene rings is 1. The fraction of sp³-hybridized carbons (Fsp3) is 0.684. The first-order chi connectivity index (χ1) is 12.2. The van der Waals surface area contributed by atoms with Gasteiger partial charge in [0.2, 0.25) is 5.91 Å². The largest absolute Gasteiger partial charge is 0.351 e. The van der Waals surface area contributed by atoms with E-state index in [0.29, 0.717) is 11.4 Å². The van der Waals surface area contributed by atoms with Crippen LogP contribution in [0.3, 0.4) is 0 Å². The number of aryl methyl sites for hydroxylation is 1. The fourth-order valence-electron chi connectivity index (χ4n) is 2.72. The van der Waals surface area contributed by atoms with Gasteiger partial charge in [0, 0.05) is 38.1 Å². The highest BCUT2D eigenvalue weighted by Gasteiger charge is 2.23. The number of hydrogen-bond donors (Lipinski definition) is 2. The zero-order chi connectivity index (χ0) is 19.3. The average Bonchev–Trinajstić information content (AvgIpc) is 2.92. The van der Waals surface area contributed by atoms with Crippen molar-refractivity contribution in [2.45, 2.75) is 34.1 Å². The van der Waals surface area contributed by atoms with E-state index in [1.165, 1.54) is 11.3 Å². The maximum absolute atomic E-state index is 12.4. The second-order valence-electron chi connectivity index (χ2n) is 8.08. The molecule has 1 aromatic rings. The van der Waals surface area contributed by atoms with Gasteiger partial charge < -0.3 is 20.4 Å². The van der Waals surface area contributed by atoms with E-state index in [0.717, 1.165) is 49.7 Å². The van der Waals surface area contributed by atoms with Crippen molar-refractivity contribution >= 4 is 28.2 Å². The molecule has 1 fully saturated rings. The summed E-state index contributed by atoms with van der Waals surface area (Å²) in [6.07, 6.45) is 0.952. The van der Waals surface area contributed by atoms with E-state index in [4.69, 9.17) is 0 Å². The number of likely N-dealkylation sites (N-methyl/N-ethyl adjacent to an activating group) is 1. The monoisotopic (exact) mass is 380 g/mol. The van der Waals surface area contributed by atoms with Crippen LogP contribution in [0.5, 0.6) is 0 Å². The van der Waals surface area contributed by atoms with Crippen molar-refractivity contribution in [3.8, 4) is 0 Å². The zero-order valence-electron chi connectivity index (χ0n) is 16.6. The Morgan fingerprint density at radius 1 is 1.19 bits per heavy atom. The van der Waals surface area contributed by atoms with Gasteiger partial charge in [-0.2, -0.15) is 0 Å². The maximum atomic E-state index is 12.4. The predicted molar refractivity (Wildman–Crippen MR) is 108 cm³/mol. The molecule has 0 aliphatic carbocycles. The SMILES string of the molecule is Cc1cc(NC(=O)C(C)(C)C)sc1C(=O)NCCCN1CCN(C)CC1. The highest BCUT2D eigenvalue weighted by atomic mass is 32.1. The van der Waals surface area contributed by atoms with E-state index in [2.05, 4.69) is 27.5 Å². The third-order valence-corrected chi connectivity index (χ3v) is 5.73. The van der Waals surface area contributed by atoms with Gasteiger partial charge in [0.1, 0.15) is 0 Å². The van der Waals surface area contributed by atoms with E-state index in [9.17, 15) is 9.59 Å². The number of carbonyl (C=O) groups is 2. The number of hydrogen-bond acceptors (Lipinski definition) is 5. The average molecular weight is 381 g/mol. The van der Waals surface area contributed by atoms with Crippen LogP contribution in [0.1, 0.15) is 42.4 Å².